The Morgan fingerprint density at radius 1 is 1.03 bits per heavy atom. The number of fused-ring (bicyclic) bond motifs is 1. The van der Waals surface area contributed by atoms with Crippen LogP contribution in [0.25, 0.3) is 0 Å². The van der Waals surface area contributed by atoms with E-state index in [1.165, 1.54) is 12.5 Å². The number of nitrogens with zero attached hydrogens (tertiary/aromatic N) is 2. The number of ether oxygens (including phenoxy) is 1. The molecule has 2 aliphatic heterocycles. The number of carbonyl (C=O) groups is 3. The quantitative estimate of drug-likeness (QED) is 0.751. The lowest BCUT2D eigenvalue weighted by Gasteiger charge is -2.23. The Morgan fingerprint density at radius 3 is 2.58 bits per heavy atom. The SMILES string of the molecule is CC(=O)Nc1ccc(CN2CCCN(C(=O)CC3OC(=O)c4ccccc43)CC2)cc1. The molecule has 2 aromatic rings. The predicted octanol–water partition coefficient (Wildman–Crippen LogP) is 2.98. The summed E-state index contributed by atoms with van der Waals surface area (Å²) in [6.07, 6.45) is 0.599. The first-order valence-electron chi connectivity index (χ1n) is 10.7. The van der Waals surface area contributed by atoms with Crippen LogP contribution in [-0.2, 0) is 20.9 Å². The van der Waals surface area contributed by atoms with E-state index in [0.29, 0.717) is 18.7 Å². The minimum absolute atomic E-state index is 0.0241. The second-order valence-corrected chi connectivity index (χ2v) is 8.07. The van der Waals surface area contributed by atoms with Crippen LogP contribution >= 0.6 is 0 Å². The molecule has 0 bridgehead atoms. The summed E-state index contributed by atoms with van der Waals surface area (Å²) >= 11 is 0. The van der Waals surface area contributed by atoms with Gasteiger partial charge in [-0.25, -0.2) is 4.79 Å². The van der Waals surface area contributed by atoms with Crippen LogP contribution < -0.4 is 5.32 Å². The monoisotopic (exact) mass is 421 g/mol. The van der Waals surface area contributed by atoms with Gasteiger partial charge in [0.15, 0.2) is 0 Å². The smallest absolute Gasteiger partial charge is 0.339 e. The summed E-state index contributed by atoms with van der Waals surface area (Å²) in [6.45, 7) is 5.37. The van der Waals surface area contributed by atoms with E-state index in [9.17, 15) is 14.4 Å². The average Bonchev–Trinajstić information content (AvgIpc) is 2.91. The van der Waals surface area contributed by atoms with Crippen molar-refractivity contribution in [2.45, 2.75) is 32.4 Å². The number of rotatable bonds is 5. The molecule has 4 rings (SSSR count). The predicted molar refractivity (Wildman–Crippen MR) is 116 cm³/mol. The van der Waals surface area contributed by atoms with Crippen molar-refractivity contribution in [3.05, 3.63) is 65.2 Å². The van der Waals surface area contributed by atoms with Gasteiger partial charge in [-0.05, 0) is 30.2 Å². The molecule has 2 aromatic carbocycles. The second-order valence-electron chi connectivity index (χ2n) is 8.07. The largest absolute Gasteiger partial charge is 0.453 e. The number of carbonyl (C=O) groups excluding carboxylic acids is 3. The number of hydrogen-bond donors (Lipinski definition) is 1. The molecule has 31 heavy (non-hydrogen) atoms. The van der Waals surface area contributed by atoms with Crippen molar-refractivity contribution in [2.75, 3.05) is 31.5 Å². The van der Waals surface area contributed by atoms with Crippen LogP contribution in [-0.4, -0.2) is 53.8 Å². The third kappa shape index (κ3) is 5.11. The summed E-state index contributed by atoms with van der Waals surface area (Å²) < 4.78 is 5.44. The van der Waals surface area contributed by atoms with Crippen molar-refractivity contribution in [2.24, 2.45) is 0 Å². The molecule has 1 atom stereocenters. The molecule has 162 valence electrons. The Hall–Kier alpha value is -3.19. The maximum Gasteiger partial charge on any atom is 0.339 e. The maximum atomic E-state index is 12.9. The Labute approximate surface area is 182 Å². The van der Waals surface area contributed by atoms with Crippen LogP contribution in [0, 0.1) is 0 Å². The summed E-state index contributed by atoms with van der Waals surface area (Å²) in [5, 5.41) is 2.77. The fraction of sp³-hybridized carbons (Fsp3) is 0.375. The summed E-state index contributed by atoms with van der Waals surface area (Å²) in [5.74, 6) is -0.406. The van der Waals surface area contributed by atoms with E-state index in [2.05, 4.69) is 10.2 Å². The zero-order valence-electron chi connectivity index (χ0n) is 17.7. The first kappa shape index (κ1) is 21.1. The topological polar surface area (TPSA) is 79.0 Å². The van der Waals surface area contributed by atoms with E-state index in [1.54, 1.807) is 12.1 Å². The lowest BCUT2D eigenvalue weighted by Crippen LogP contribution is -2.35. The Kier molecular flexibility index (Phi) is 6.32. The molecular formula is C24H27N3O4. The van der Waals surface area contributed by atoms with Gasteiger partial charge in [-0.1, -0.05) is 30.3 Å². The summed E-state index contributed by atoms with van der Waals surface area (Å²) in [6, 6.07) is 15.1. The van der Waals surface area contributed by atoms with Gasteiger partial charge in [-0.2, -0.15) is 0 Å². The van der Waals surface area contributed by atoms with Crippen LogP contribution in [0.4, 0.5) is 5.69 Å². The molecule has 7 heteroatoms. The molecule has 7 nitrogen and oxygen atoms in total. The second kappa shape index (κ2) is 9.31. The zero-order valence-corrected chi connectivity index (χ0v) is 17.7. The van der Waals surface area contributed by atoms with E-state index in [4.69, 9.17) is 4.74 Å². The molecule has 0 saturated carbocycles. The van der Waals surface area contributed by atoms with E-state index in [-0.39, 0.29) is 24.2 Å². The Morgan fingerprint density at radius 2 is 1.81 bits per heavy atom. The highest BCUT2D eigenvalue weighted by molar-refractivity contribution is 5.94. The van der Waals surface area contributed by atoms with Gasteiger partial charge in [0.2, 0.25) is 11.8 Å². The van der Waals surface area contributed by atoms with Gasteiger partial charge >= 0.3 is 5.97 Å². The standard InChI is InChI=1S/C24H27N3O4/c1-17(28)25-19-9-7-18(8-10-19)16-26-11-4-12-27(14-13-26)23(29)15-22-20-5-2-3-6-21(20)24(30)31-22/h2-3,5-10,22H,4,11-16H2,1H3,(H,25,28). The van der Waals surface area contributed by atoms with E-state index >= 15 is 0 Å². The van der Waals surface area contributed by atoms with Crippen molar-refractivity contribution in [3.8, 4) is 0 Å². The van der Waals surface area contributed by atoms with Gasteiger partial charge in [0.1, 0.15) is 6.10 Å². The van der Waals surface area contributed by atoms with Crippen LogP contribution in [0.1, 0.15) is 47.4 Å². The summed E-state index contributed by atoms with van der Waals surface area (Å²) in [4.78, 5) is 40.3. The highest BCUT2D eigenvalue weighted by Crippen LogP contribution is 2.33. The molecular weight excluding hydrogens is 394 g/mol. The highest BCUT2D eigenvalue weighted by Gasteiger charge is 2.33. The fourth-order valence-electron chi connectivity index (χ4n) is 4.19. The first-order chi connectivity index (χ1) is 15.0. The third-order valence-electron chi connectivity index (χ3n) is 5.76. The van der Waals surface area contributed by atoms with Crippen molar-refractivity contribution in [1.82, 2.24) is 9.80 Å². The van der Waals surface area contributed by atoms with Gasteiger partial charge in [0, 0.05) is 50.9 Å². The van der Waals surface area contributed by atoms with Crippen molar-refractivity contribution < 1.29 is 19.1 Å². The zero-order chi connectivity index (χ0) is 21.8. The molecule has 2 amide bonds. The van der Waals surface area contributed by atoms with Crippen LogP contribution in [0.15, 0.2) is 48.5 Å². The van der Waals surface area contributed by atoms with E-state index in [1.807, 2.05) is 41.3 Å². The van der Waals surface area contributed by atoms with Gasteiger partial charge in [-0.15, -0.1) is 0 Å². The minimum atomic E-state index is -0.488. The molecule has 0 spiro atoms. The van der Waals surface area contributed by atoms with Crippen LogP contribution in [0.3, 0.4) is 0 Å². The lowest BCUT2D eigenvalue weighted by atomic mass is 10.0. The third-order valence-corrected chi connectivity index (χ3v) is 5.76. The molecule has 2 heterocycles. The van der Waals surface area contributed by atoms with Crippen LogP contribution in [0.2, 0.25) is 0 Å². The van der Waals surface area contributed by atoms with Crippen molar-refractivity contribution >= 4 is 23.5 Å². The van der Waals surface area contributed by atoms with Gasteiger partial charge < -0.3 is 15.0 Å². The van der Waals surface area contributed by atoms with Gasteiger partial charge in [0.25, 0.3) is 0 Å². The Bertz CT molecular complexity index is 973. The number of cyclic esters (lactones) is 1. The number of esters is 1. The lowest BCUT2D eigenvalue weighted by molar-refractivity contribution is -0.133. The molecule has 0 aromatic heterocycles. The minimum Gasteiger partial charge on any atom is -0.453 e. The van der Waals surface area contributed by atoms with Gasteiger partial charge in [0.05, 0.1) is 12.0 Å². The molecule has 2 aliphatic rings. The fourth-order valence-corrected chi connectivity index (χ4v) is 4.19. The number of benzene rings is 2. The number of nitrogens with one attached hydrogen (secondary N) is 1. The number of hydrogen-bond acceptors (Lipinski definition) is 5. The number of anilines is 1. The molecule has 0 aliphatic carbocycles. The van der Waals surface area contributed by atoms with E-state index < -0.39 is 6.10 Å². The molecule has 1 N–H and O–H groups in total. The Balaban J connectivity index is 1.30. The molecule has 1 fully saturated rings. The molecule has 0 radical (unpaired) electrons. The maximum absolute atomic E-state index is 12.9. The molecule has 1 saturated heterocycles. The van der Waals surface area contributed by atoms with Crippen molar-refractivity contribution in [1.29, 1.82) is 0 Å². The normalized spacial score (nSPS) is 18.8. The number of amides is 2. The first-order valence-corrected chi connectivity index (χ1v) is 10.7. The van der Waals surface area contributed by atoms with Crippen LogP contribution in [0.5, 0.6) is 0 Å². The van der Waals surface area contributed by atoms with Gasteiger partial charge in [-0.3, -0.25) is 14.5 Å². The van der Waals surface area contributed by atoms with E-state index in [0.717, 1.165) is 37.3 Å². The molecule has 1 unspecified atom stereocenters. The summed E-state index contributed by atoms with van der Waals surface area (Å²) in [7, 11) is 0. The summed E-state index contributed by atoms with van der Waals surface area (Å²) in [5.41, 5.74) is 3.33. The average molecular weight is 421 g/mol. The highest BCUT2D eigenvalue weighted by atomic mass is 16.5. The van der Waals surface area contributed by atoms with Crippen molar-refractivity contribution in [3.63, 3.8) is 0 Å².